The fourth-order valence-corrected chi connectivity index (χ4v) is 5.46. The lowest BCUT2D eigenvalue weighted by atomic mass is 9.95. The van der Waals surface area contributed by atoms with Crippen LogP contribution >= 0.6 is 23.3 Å². The lowest BCUT2D eigenvalue weighted by Gasteiger charge is -2.35. The molecule has 2 atom stereocenters. The van der Waals surface area contributed by atoms with Gasteiger partial charge in [0.25, 0.3) is 0 Å². The highest BCUT2D eigenvalue weighted by molar-refractivity contribution is 7.98. The smallest absolute Gasteiger partial charge is 0.394 e. The van der Waals surface area contributed by atoms with Crippen LogP contribution < -0.4 is 4.90 Å². The quantitative estimate of drug-likeness (QED) is 0.585. The Hall–Kier alpha value is -1.34. The van der Waals surface area contributed by atoms with E-state index in [-0.39, 0.29) is 18.3 Å². The molecule has 2 N–H and O–H groups in total. The van der Waals surface area contributed by atoms with Gasteiger partial charge in [0.05, 0.1) is 23.5 Å². The number of alkyl halides is 3. The Morgan fingerprint density at radius 1 is 1.09 bits per heavy atom. The van der Waals surface area contributed by atoms with Gasteiger partial charge in [-0.2, -0.15) is 13.2 Å². The van der Waals surface area contributed by atoms with Crippen LogP contribution in [0.25, 0.3) is 0 Å². The van der Waals surface area contributed by atoms with Crippen LogP contribution in [-0.4, -0.2) is 91.2 Å². The van der Waals surface area contributed by atoms with Gasteiger partial charge >= 0.3 is 6.18 Å². The van der Waals surface area contributed by atoms with E-state index in [0.29, 0.717) is 0 Å². The van der Waals surface area contributed by atoms with E-state index in [4.69, 9.17) is 9.84 Å². The zero-order chi connectivity index (χ0) is 24.8. The largest absolute Gasteiger partial charge is 0.421 e. The Bertz CT molecular complexity index is 859. The highest BCUT2D eigenvalue weighted by Gasteiger charge is 2.51. The van der Waals surface area contributed by atoms with Gasteiger partial charge in [-0.25, -0.2) is 4.31 Å². The summed E-state index contributed by atoms with van der Waals surface area (Å²) in [6, 6.07) is 10.1. The van der Waals surface area contributed by atoms with Crippen LogP contribution in [0.15, 0.2) is 46.0 Å². The van der Waals surface area contributed by atoms with Gasteiger partial charge in [0.2, 0.25) is 0 Å². The SMILES string of the molecule is CC(O)(c1ccc(N2CCN(Sc3cccs3)CC2)cc1)C(F)(F)F.CN1CCOC(CO)C1. The molecule has 0 spiro atoms. The highest BCUT2D eigenvalue weighted by atomic mass is 32.2. The minimum Gasteiger partial charge on any atom is -0.394 e. The molecule has 2 aliphatic heterocycles. The molecule has 0 amide bonds. The number of halogens is 3. The van der Waals surface area contributed by atoms with Crippen molar-refractivity contribution in [2.45, 2.75) is 29.0 Å². The topological polar surface area (TPSA) is 59.4 Å². The van der Waals surface area contributed by atoms with Gasteiger partial charge in [0, 0.05) is 45.0 Å². The lowest BCUT2D eigenvalue weighted by molar-refractivity contribution is -0.258. The van der Waals surface area contributed by atoms with Gasteiger partial charge in [-0.1, -0.05) is 18.2 Å². The van der Waals surface area contributed by atoms with Gasteiger partial charge in [-0.05, 0) is 55.1 Å². The Labute approximate surface area is 207 Å². The molecule has 3 heterocycles. The molecule has 1 aromatic carbocycles. The molecule has 2 unspecified atom stereocenters. The summed E-state index contributed by atoms with van der Waals surface area (Å²) < 4.78 is 47.5. The molecular formula is C23H32F3N3O3S2. The van der Waals surface area contributed by atoms with E-state index in [1.165, 1.54) is 16.3 Å². The Morgan fingerprint density at radius 2 is 1.76 bits per heavy atom. The zero-order valence-electron chi connectivity index (χ0n) is 19.4. The van der Waals surface area contributed by atoms with Crippen LogP contribution in [0, 0.1) is 0 Å². The standard InChI is InChI=1S/C17H19F3N2OS2.C6H13NO2/c1-16(23,17(18,19)20)13-4-6-14(7-5-13)21-8-10-22(11-9-21)25-15-3-2-12-24-15;1-7-2-3-9-6(4-7)5-8/h2-7,12,23H,8-11H2,1H3;6,8H,2-5H2,1H3. The molecule has 190 valence electrons. The molecule has 11 heteroatoms. The van der Waals surface area contributed by atoms with E-state index in [2.05, 4.69) is 25.6 Å². The minimum atomic E-state index is -4.70. The Kier molecular flexibility index (Phi) is 9.67. The maximum Gasteiger partial charge on any atom is 0.421 e. The third kappa shape index (κ3) is 7.33. The molecule has 2 fully saturated rings. The predicted molar refractivity (Wildman–Crippen MR) is 130 cm³/mol. The predicted octanol–water partition coefficient (Wildman–Crippen LogP) is 3.66. The first-order chi connectivity index (χ1) is 16.1. The number of anilines is 1. The van der Waals surface area contributed by atoms with E-state index >= 15 is 0 Å². The van der Waals surface area contributed by atoms with Crippen molar-refractivity contribution in [2.24, 2.45) is 0 Å². The van der Waals surface area contributed by atoms with Crippen molar-refractivity contribution >= 4 is 29.0 Å². The van der Waals surface area contributed by atoms with Crippen LogP contribution in [0.4, 0.5) is 18.9 Å². The summed E-state index contributed by atoms with van der Waals surface area (Å²) in [7, 11) is 2.03. The van der Waals surface area contributed by atoms with Crippen molar-refractivity contribution < 1.29 is 28.1 Å². The number of ether oxygens (including phenoxy) is 1. The number of aliphatic hydroxyl groups is 2. The monoisotopic (exact) mass is 519 g/mol. The van der Waals surface area contributed by atoms with Crippen molar-refractivity contribution in [3.63, 3.8) is 0 Å². The number of hydrogen-bond donors (Lipinski definition) is 2. The number of likely N-dealkylation sites (N-methyl/N-ethyl adjacent to an activating group) is 1. The summed E-state index contributed by atoms with van der Waals surface area (Å²) in [5.74, 6) is 0. The number of piperazine rings is 1. The van der Waals surface area contributed by atoms with Gasteiger partial charge in [-0.3, -0.25) is 0 Å². The second kappa shape index (κ2) is 12.1. The van der Waals surface area contributed by atoms with Crippen LogP contribution in [0.3, 0.4) is 0 Å². The van der Waals surface area contributed by atoms with Gasteiger partial charge < -0.3 is 24.7 Å². The second-order valence-electron chi connectivity index (χ2n) is 8.49. The lowest BCUT2D eigenvalue weighted by Crippen LogP contribution is -2.43. The summed E-state index contributed by atoms with van der Waals surface area (Å²) >= 11 is 3.46. The Morgan fingerprint density at radius 3 is 2.26 bits per heavy atom. The van der Waals surface area contributed by atoms with E-state index in [9.17, 15) is 18.3 Å². The van der Waals surface area contributed by atoms with Crippen molar-refractivity contribution in [3.05, 3.63) is 47.3 Å². The molecule has 6 nitrogen and oxygen atoms in total. The van der Waals surface area contributed by atoms with Crippen molar-refractivity contribution in [1.29, 1.82) is 0 Å². The van der Waals surface area contributed by atoms with Gasteiger partial charge in [0.1, 0.15) is 0 Å². The summed E-state index contributed by atoms with van der Waals surface area (Å²) in [5, 5.41) is 20.4. The summed E-state index contributed by atoms with van der Waals surface area (Å²) in [4.78, 5) is 4.31. The van der Waals surface area contributed by atoms with Crippen LogP contribution in [0.1, 0.15) is 12.5 Å². The Balaban J connectivity index is 0.000000302. The molecular weight excluding hydrogens is 487 g/mol. The fraction of sp³-hybridized carbons (Fsp3) is 0.565. The zero-order valence-corrected chi connectivity index (χ0v) is 21.0. The van der Waals surface area contributed by atoms with Crippen LogP contribution in [0.2, 0.25) is 0 Å². The van der Waals surface area contributed by atoms with Gasteiger partial charge in [0.15, 0.2) is 5.60 Å². The molecule has 0 saturated carbocycles. The van der Waals surface area contributed by atoms with Crippen molar-refractivity contribution in [1.82, 2.24) is 9.21 Å². The van der Waals surface area contributed by atoms with E-state index < -0.39 is 11.8 Å². The molecule has 4 rings (SSSR count). The van der Waals surface area contributed by atoms with E-state index in [0.717, 1.165) is 58.5 Å². The normalized spacial score (nSPS) is 22.1. The average molecular weight is 520 g/mol. The number of aliphatic hydroxyl groups excluding tert-OH is 1. The number of rotatable bonds is 5. The first-order valence-electron chi connectivity index (χ1n) is 11.1. The molecule has 0 bridgehead atoms. The average Bonchev–Trinajstić information content (AvgIpc) is 3.32. The number of morpholine rings is 1. The molecule has 2 saturated heterocycles. The first-order valence-corrected chi connectivity index (χ1v) is 12.8. The van der Waals surface area contributed by atoms with Gasteiger partial charge in [-0.15, -0.1) is 11.3 Å². The summed E-state index contributed by atoms with van der Waals surface area (Å²) in [5.41, 5.74) is -2.10. The number of benzene rings is 1. The molecule has 0 aliphatic carbocycles. The van der Waals surface area contributed by atoms with Crippen LogP contribution in [0.5, 0.6) is 0 Å². The molecule has 34 heavy (non-hydrogen) atoms. The maximum atomic E-state index is 12.9. The number of nitrogens with zero attached hydrogens (tertiary/aromatic N) is 3. The summed E-state index contributed by atoms with van der Waals surface area (Å²) in [6.45, 7) is 6.90. The highest BCUT2D eigenvalue weighted by Crippen LogP contribution is 2.39. The molecule has 2 aromatic rings. The first kappa shape index (κ1) is 27.3. The van der Waals surface area contributed by atoms with E-state index in [1.54, 1.807) is 35.4 Å². The second-order valence-corrected chi connectivity index (χ2v) is 10.8. The summed E-state index contributed by atoms with van der Waals surface area (Å²) in [6.07, 6.45) is -4.65. The maximum absolute atomic E-state index is 12.9. The fourth-order valence-electron chi connectivity index (χ4n) is 3.62. The minimum absolute atomic E-state index is 0.0451. The molecule has 1 aromatic heterocycles. The van der Waals surface area contributed by atoms with E-state index in [1.807, 2.05) is 13.1 Å². The third-order valence-corrected chi connectivity index (χ3v) is 7.96. The van der Waals surface area contributed by atoms with Crippen LogP contribution in [-0.2, 0) is 10.3 Å². The number of hydrogen-bond acceptors (Lipinski definition) is 8. The van der Waals surface area contributed by atoms with Crippen molar-refractivity contribution in [3.8, 4) is 0 Å². The molecule has 0 radical (unpaired) electrons. The van der Waals surface area contributed by atoms with Crippen molar-refractivity contribution in [2.75, 3.05) is 64.4 Å². The number of thiophene rings is 1. The third-order valence-electron chi connectivity index (χ3n) is 5.84. The molecule has 2 aliphatic rings.